The number of hydrogen-bond acceptors (Lipinski definition) is 1. The molecule has 0 aromatic heterocycles. The number of aryl methyl sites for hydroxylation is 2. The summed E-state index contributed by atoms with van der Waals surface area (Å²) in [5, 5.41) is 9.64. The first-order chi connectivity index (χ1) is 9.85. The lowest BCUT2D eigenvalue weighted by Gasteiger charge is -2.15. The molecule has 2 aromatic carbocycles. The van der Waals surface area contributed by atoms with Gasteiger partial charge in [0.25, 0.3) is 0 Å². The Morgan fingerprint density at radius 1 is 0.850 bits per heavy atom. The summed E-state index contributed by atoms with van der Waals surface area (Å²) in [6.07, 6.45) is 5.69. The van der Waals surface area contributed by atoms with Gasteiger partial charge in [0.1, 0.15) is 0 Å². The van der Waals surface area contributed by atoms with Crippen molar-refractivity contribution in [2.24, 2.45) is 5.92 Å². The van der Waals surface area contributed by atoms with Crippen molar-refractivity contribution in [2.45, 2.75) is 32.1 Å². The highest BCUT2D eigenvalue weighted by Crippen LogP contribution is 2.24. The van der Waals surface area contributed by atoms with Gasteiger partial charge in [0.05, 0.1) is 0 Å². The zero-order valence-corrected chi connectivity index (χ0v) is 11.9. The molecule has 1 atom stereocenters. The maximum atomic E-state index is 9.64. The van der Waals surface area contributed by atoms with Gasteiger partial charge in [0.2, 0.25) is 0 Å². The Bertz CT molecular complexity index is 559. The average Bonchev–Trinajstić information content (AvgIpc) is 2.95. The van der Waals surface area contributed by atoms with Crippen LogP contribution in [0.2, 0.25) is 0 Å². The molecule has 0 heterocycles. The molecule has 1 aliphatic rings. The van der Waals surface area contributed by atoms with E-state index < -0.39 is 0 Å². The summed E-state index contributed by atoms with van der Waals surface area (Å²) in [5.74, 6) is 0.317. The van der Waals surface area contributed by atoms with Gasteiger partial charge < -0.3 is 5.11 Å². The first-order valence-electron chi connectivity index (χ1n) is 7.60. The van der Waals surface area contributed by atoms with Gasteiger partial charge in [-0.2, -0.15) is 0 Å². The van der Waals surface area contributed by atoms with Crippen LogP contribution >= 0.6 is 0 Å². The fourth-order valence-corrected chi connectivity index (χ4v) is 3.23. The molecular formula is C19H22O. The van der Waals surface area contributed by atoms with Crippen LogP contribution in [-0.2, 0) is 25.7 Å². The average molecular weight is 266 g/mol. The van der Waals surface area contributed by atoms with E-state index in [1.807, 2.05) is 6.07 Å². The number of aliphatic hydroxyl groups excluding tert-OH is 1. The molecule has 1 aliphatic carbocycles. The molecule has 1 nitrogen and oxygen atoms in total. The van der Waals surface area contributed by atoms with Crippen LogP contribution < -0.4 is 0 Å². The van der Waals surface area contributed by atoms with E-state index in [0.717, 1.165) is 12.8 Å². The van der Waals surface area contributed by atoms with Crippen molar-refractivity contribution in [1.82, 2.24) is 0 Å². The number of benzene rings is 2. The number of rotatable bonds is 5. The molecule has 2 aromatic rings. The summed E-state index contributed by atoms with van der Waals surface area (Å²) >= 11 is 0. The van der Waals surface area contributed by atoms with Gasteiger partial charge in [-0.15, -0.1) is 0 Å². The van der Waals surface area contributed by atoms with Crippen molar-refractivity contribution in [1.29, 1.82) is 0 Å². The molecule has 1 N–H and O–H groups in total. The molecule has 0 saturated carbocycles. The minimum atomic E-state index is 0.256. The summed E-state index contributed by atoms with van der Waals surface area (Å²) in [6, 6.07) is 17.4. The van der Waals surface area contributed by atoms with Crippen LogP contribution in [0.3, 0.4) is 0 Å². The van der Waals surface area contributed by atoms with E-state index >= 15 is 0 Å². The summed E-state index contributed by atoms with van der Waals surface area (Å²) in [5.41, 5.74) is 5.74. The second-order valence-electron chi connectivity index (χ2n) is 5.90. The van der Waals surface area contributed by atoms with E-state index in [4.69, 9.17) is 0 Å². The fraction of sp³-hybridized carbons (Fsp3) is 0.368. The first kappa shape index (κ1) is 13.4. The molecule has 0 fully saturated rings. The first-order valence-corrected chi connectivity index (χ1v) is 7.60. The molecule has 20 heavy (non-hydrogen) atoms. The molecule has 0 amide bonds. The minimum absolute atomic E-state index is 0.256. The van der Waals surface area contributed by atoms with Crippen LogP contribution in [0, 0.1) is 5.92 Å². The summed E-state index contributed by atoms with van der Waals surface area (Å²) in [7, 11) is 0. The van der Waals surface area contributed by atoms with Gasteiger partial charge in [-0.3, -0.25) is 0 Å². The number of fused-ring (bicyclic) bond motifs is 1. The Balaban J connectivity index is 1.68. The van der Waals surface area contributed by atoms with E-state index in [9.17, 15) is 5.11 Å². The number of aliphatic hydroxyl groups is 1. The molecular weight excluding hydrogens is 244 g/mol. The van der Waals surface area contributed by atoms with Gasteiger partial charge in [-0.1, -0.05) is 48.5 Å². The van der Waals surface area contributed by atoms with Crippen molar-refractivity contribution in [3.8, 4) is 0 Å². The molecule has 1 unspecified atom stereocenters. The smallest absolute Gasteiger partial charge is 0.0465 e. The van der Waals surface area contributed by atoms with Gasteiger partial charge in [-0.25, -0.2) is 0 Å². The Morgan fingerprint density at radius 3 is 2.40 bits per heavy atom. The van der Waals surface area contributed by atoms with Crippen molar-refractivity contribution in [2.75, 3.05) is 6.61 Å². The Hall–Kier alpha value is -1.60. The SMILES string of the molecule is OCC(Cc1ccccc1)Cc1ccc2c(c1)CCC2. The minimum Gasteiger partial charge on any atom is -0.396 e. The second-order valence-corrected chi connectivity index (χ2v) is 5.90. The molecule has 0 radical (unpaired) electrons. The Kier molecular flexibility index (Phi) is 4.17. The molecule has 0 bridgehead atoms. The highest BCUT2D eigenvalue weighted by atomic mass is 16.3. The second kappa shape index (κ2) is 6.23. The third-order valence-electron chi connectivity index (χ3n) is 4.31. The Morgan fingerprint density at radius 2 is 1.60 bits per heavy atom. The molecule has 0 spiro atoms. The summed E-state index contributed by atoms with van der Waals surface area (Å²) in [6.45, 7) is 0.256. The third-order valence-corrected chi connectivity index (χ3v) is 4.31. The molecule has 1 heteroatoms. The molecule has 104 valence electrons. The standard InChI is InChI=1S/C19H22O/c20-14-17(11-15-5-2-1-3-6-15)12-16-9-10-18-7-4-8-19(18)13-16/h1-3,5-6,9-10,13,17,20H,4,7-8,11-12,14H2. The van der Waals surface area contributed by atoms with Crippen LogP contribution in [0.4, 0.5) is 0 Å². The summed E-state index contributed by atoms with van der Waals surface area (Å²) in [4.78, 5) is 0. The fourth-order valence-electron chi connectivity index (χ4n) is 3.23. The van der Waals surface area contributed by atoms with E-state index in [-0.39, 0.29) is 6.61 Å². The molecule has 0 aliphatic heterocycles. The van der Waals surface area contributed by atoms with Crippen LogP contribution in [0.15, 0.2) is 48.5 Å². The predicted molar refractivity (Wildman–Crippen MR) is 82.9 cm³/mol. The zero-order valence-electron chi connectivity index (χ0n) is 11.9. The van der Waals surface area contributed by atoms with Gasteiger partial charge >= 0.3 is 0 Å². The summed E-state index contributed by atoms with van der Waals surface area (Å²) < 4.78 is 0. The van der Waals surface area contributed by atoms with Gasteiger partial charge in [0.15, 0.2) is 0 Å². The lowest BCUT2D eigenvalue weighted by molar-refractivity contribution is 0.225. The highest BCUT2D eigenvalue weighted by molar-refractivity contribution is 5.35. The number of hydrogen-bond donors (Lipinski definition) is 1. The quantitative estimate of drug-likeness (QED) is 0.877. The zero-order chi connectivity index (χ0) is 13.8. The normalized spacial score (nSPS) is 15.1. The maximum Gasteiger partial charge on any atom is 0.0465 e. The predicted octanol–water partition coefficient (Wildman–Crippen LogP) is 3.57. The van der Waals surface area contributed by atoms with Crippen LogP contribution in [0.5, 0.6) is 0 Å². The molecule has 3 rings (SSSR count). The Labute approximate surface area is 121 Å². The topological polar surface area (TPSA) is 20.2 Å². The van der Waals surface area contributed by atoms with Crippen molar-refractivity contribution >= 4 is 0 Å². The van der Waals surface area contributed by atoms with Crippen LogP contribution in [0.1, 0.15) is 28.7 Å². The molecule has 0 saturated heterocycles. The van der Waals surface area contributed by atoms with Gasteiger partial charge in [-0.05, 0) is 60.3 Å². The van der Waals surface area contributed by atoms with E-state index in [1.165, 1.54) is 41.5 Å². The largest absolute Gasteiger partial charge is 0.396 e. The van der Waals surface area contributed by atoms with Crippen molar-refractivity contribution in [3.63, 3.8) is 0 Å². The van der Waals surface area contributed by atoms with E-state index in [2.05, 4.69) is 42.5 Å². The van der Waals surface area contributed by atoms with Crippen LogP contribution in [-0.4, -0.2) is 11.7 Å². The van der Waals surface area contributed by atoms with Crippen molar-refractivity contribution < 1.29 is 5.11 Å². The maximum absolute atomic E-state index is 9.64. The van der Waals surface area contributed by atoms with E-state index in [1.54, 1.807) is 0 Å². The lowest BCUT2D eigenvalue weighted by atomic mass is 9.92. The van der Waals surface area contributed by atoms with Crippen molar-refractivity contribution in [3.05, 3.63) is 70.8 Å². The highest BCUT2D eigenvalue weighted by Gasteiger charge is 2.14. The van der Waals surface area contributed by atoms with Crippen LogP contribution in [0.25, 0.3) is 0 Å². The lowest BCUT2D eigenvalue weighted by Crippen LogP contribution is -2.13. The van der Waals surface area contributed by atoms with E-state index in [0.29, 0.717) is 5.92 Å². The third kappa shape index (κ3) is 3.10. The monoisotopic (exact) mass is 266 g/mol. The van der Waals surface area contributed by atoms with Gasteiger partial charge in [0, 0.05) is 6.61 Å².